The molecule has 1 heteroatoms. The molecule has 12 heavy (non-hydrogen) atoms. The quantitative estimate of drug-likeness (QED) is 0.673. The minimum atomic E-state index is 0.881. The van der Waals surface area contributed by atoms with Crippen LogP contribution in [0, 0.1) is 12.3 Å². The highest BCUT2D eigenvalue weighted by Gasteiger charge is 1.93. The lowest BCUT2D eigenvalue weighted by Gasteiger charge is -1.98. The van der Waals surface area contributed by atoms with Crippen LogP contribution < -0.4 is 0 Å². The van der Waals surface area contributed by atoms with Gasteiger partial charge in [-0.1, -0.05) is 46.1 Å². The highest BCUT2D eigenvalue weighted by molar-refractivity contribution is 9.10. The lowest BCUT2D eigenvalue weighted by atomic mass is 10.1. The van der Waals surface area contributed by atoms with Crippen LogP contribution >= 0.6 is 15.9 Å². The van der Waals surface area contributed by atoms with E-state index >= 15 is 0 Å². The number of rotatable bonds is 2. The topological polar surface area (TPSA) is 0 Å². The molecule has 0 atom stereocenters. The van der Waals surface area contributed by atoms with Gasteiger partial charge in [0.2, 0.25) is 0 Å². The van der Waals surface area contributed by atoms with Gasteiger partial charge in [0.05, 0.1) is 0 Å². The molecule has 1 rings (SSSR count). The number of allylic oxidation sites excluding steroid dienone is 2. The number of terminal acetylenes is 1. The first kappa shape index (κ1) is 9.09. The van der Waals surface area contributed by atoms with Gasteiger partial charge in [0.15, 0.2) is 0 Å². The molecule has 0 aliphatic carbocycles. The molecular weight excluding hydrogens is 212 g/mol. The van der Waals surface area contributed by atoms with E-state index in [1.165, 1.54) is 5.56 Å². The summed E-state index contributed by atoms with van der Waals surface area (Å²) >= 11 is 3.46. The van der Waals surface area contributed by atoms with Crippen molar-refractivity contribution in [3.8, 4) is 12.3 Å². The molecule has 60 valence electrons. The van der Waals surface area contributed by atoms with Crippen molar-refractivity contribution in [2.24, 2.45) is 0 Å². The summed E-state index contributed by atoms with van der Waals surface area (Å²) in [6.07, 6.45) is 9.66. The van der Waals surface area contributed by atoms with Crippen molar-refractivity contribution in [2.45, 2.75) is 6.42 Å². The Balaban J connectivity index is 2.71. The molecule has 0 saturated heterocycles. The molecule has 1 aromatic carbocycles. The Hall–Kier alpha value is -1.00. The first-order valence-electron chi connectivity index (χ1n) is 3.69. The molecule has 0 nitrogen and oxygen atoms in total. The van der Waals surface area contributed by atoms with Gasteiger partial charge in [-0.15, -0.1) is 6.42 Å². The van der Waals surface area contributed by atoms with Gasteiger partial charge in [0.1, 0.15) is 0 Å². The minimum absolute atomic E-state index is 0.881. The van der Waals surface area contributed by atoms with Gasteiger partial charge in [-0.2, -0.15) is 0 Å². The van der Waals surface area contributed by atoms with Crippen molar-refractivity contribution < 1.29 is 0 Å². The van der Waals surface area contributed by atoms with E-state index in [9.17, 15) is 0 Å². The van der Waals surface area contributed by atoms with Gasteiger partial charge in [-0.3, -0.25) is 0 Å². The Morgan fingerprint density at radius 1 is 1.42 bits per heavy atom. The maximum Gasteiger partial charge on any atom is 0.0210 e. The molecule has 0 fully saturated rings. The molecule has 0 aromatic heterocycles. The smallest absolute Gasteiger partial charge is 0.0210 e. The van der Waals surface area contributed by atoms with Crippen molar-refractivity contribution in [1.29, 1.82) is 0 Å². The normalized spacial score (nSPS) is 10.0. The van der Waals surface area contributed by atoms with Crippen LogP contribution in [0.3, 0.4) is 0 Å². The Kier molecular flexibility index (Phi) is 3.63. The number of halogens is 1. The van der Waals surface area contributed by atoms with Gasteiger partial charge in [0, 0.05) is 4.47 Å². The monoisotopic (exact) mass is 220 g/mol. The van der Waals surface area contributed by atoms with Crippen molar-refractivity contribution >= 4 is 15.9 Å². The lowest BCUT2D eigenvalue weighted by molar-refractivity contribution is 1.25. The molecule has 0 unspecified atom stereocenters. The van der Waals surface area contributed by atoms with E-state index in [1.807, 2.05) is 24.3 Å². The second-order valence-corrected chi connectivity index (χ2v) is 3.22. The van der Waals surface area contributed by atoms with E-state index in [2.05, 4.69) is 27.9 Å². The minimum Gasteiger partial charge on any atom is -0.115 e. The van der Waals surface area contributed by atoms with Crippen molar-refractivity contribution in [3.63, 3.8) is 0 Å². The number of hydrogen-bond donors (Lipinski definition) is 0. The summed E-state index contributed by atoms with van der Waals surface area (Å²) in [6, 6.07) is 8.12. The van der Waals surface area contributed by atoms with Crippen LogP contribution in [0.25, 0.3) is 0 Å². The Labute approximate surface area is 81.4 Å². The van der Waals surface area contributed by atoms with Gasteiger partial charge in [0.25, 0.3) is 0 Å². The molecule has 0 amide bonds. The standard InChI is InChI=1S/C11H9Br/c1-2-3-4-7-10-8-5-6-9-11(10)12/h1,3-6,8-9H,7H2. The SMILES string of the molecule is C#CC=CCc1ccccc1Br. The van der Waals surface area contributed by atoms with Crippen LogP contribution in [0.15, 0.2) is 40.9 Å². The highest BCUT2D eigenvalue weighted by Crippen LogP contribution is 2.16. The summed E-state index contributed by atoms with van der Waals surface area (Å²) in [5, 5.41) is 0. The summed E-state index contributed by atoms with van der Waals surface area (Å²) < 4.78 is 1.13. The predicted molar refractivity (Wildman–Crippen MR) is 55.8 cm³/mol. The Morgan fingerprint density at radius 3 is 2.83 bits per heavy atom. The van der Waals surface area contributed by atoms with Crippen molar-refractivity contribution in [1.82, 2.24) is 0 Å². The van der Waals surface area contributed by atoms with Crippen LogP contribution in [-0.4, -0.2) is 0 Å². The number of benzene rings is 1. The molecule has 0 bridgehead atoms. The van der Waals surface area contributed by atoms with Crippen molar-refractivity contribution in [2.75, 3.05) is 0 Å². The third-order valence-corrected chi connectivity index (χ3v) is 2.28. The van der Waals surface area contributed by atoms with E-state index in [0.29, 0.717) is 0 Å². The molecule has 0 aliphatic rings. The van der Waals surface area contributed by atoms with E-state index in [1.54, 1.807) is 6.08 Å². The van der Waals surface area contributed by atoms with E-state index in [4.69, 9.17) is 6.42 Å². The maximum atomic E-state index is 5.08. The van der Waals surface area contributed by atoms with E-state index < -0.39 is 0 Å². The van der Waals surface area contributed by atoms with Crippen molar-refractivity contribution in [3.05, 3.63) is 46.5 Å². The summed E-state index contributed by atoms with van der Waals surface area (Å²) in [5.41, 5.74) is 1.25. The Bertz CT molecular complexity index is 318. The molecule has 0 saturated carbocycles. The van der Waals surface area contributed by atoms with Crippen LogP contribution in [0.5, 0.6) is 0 Å². The van der Waals surface area contributed by atoms with Gasteiger partial charge >= 0.3 is 0 Å². The average molecular weight is 221 g/mol. The fourth-order valence-electron chi connectivity index (χ4n) is 0.918. The fourth-order valence-corrected chi connectivity index (χ4v) is 1.36. The lowest BCUT2D eigenvalue weighted by Crippen LogP contribution is -1.81. The van der Waals surface area contributed by atoms with Crippen LogP contribution in [0.4, 0.5) is 0 Å². The summed E-state index contributed by atoms with van der Waals surface area (Å²) in [7, 11) is 0. The molecule has 0 aliphatic heterocycles. The second kappa shape index (κ2) is 4.79. The molecule has 1 aromatic rings. The molecule has 0 spiro atoms. The first-order valence-corrected chi connectivity index (χ1v) is 4.48. The fraction of sp³-hybridized carbons (Fsp3) is 0.0909. The molecule has 0 radical (unpaired) electrons. The van der Waals surface area contributed by atoms with Gasteiger partial charge in [-0.25, -0.2) is 0 Å². The van der Waals surface area contributed by atoms with E-state index in [0.717, 1.165) is 10.9 Å². The molecular formula is C11H9Br. The maximum absolute atomic E-state index is 5.08. The second-order valence-electron chi connectivity index (χ2n) is 2.36. The summed E-state index contributed by atoms with van der Waals surface area (Å²) in [6.45, 7) is 0. The van der Waals surface area contributed by atoms with E-state index in [-0.39, 0.29) is 0 Å². The zero-order valence-corrected chi connectivity index (χ0v) is 8.21. The third-order valence-electron chi connectivity index (χ3n) is 1.51. The molecule has 0 N–H and O–H groups in total. The Morgan fingerprint density at radius 2 is 2.17 bits per heavy atom. The van der Waals surface area contributed by atoms with Gasteiger partial charge < -0.3 is 0 Å². The first-order chi connectivity index (χ1) is 5.84. The largest absolute Gasteiger partial charge is 0.115 e. The average Bonchev–Trinajstić information content (AvgIpc) is 2.09. The summed E-state index contributed by atoms with van der Waals surface area (Å²) in [5.74, 6) is 2.46. The van der Waals surface area contributed by atoms with Crippen LogP contribution in [0.2, 0.25) is 0 Å². The zero-order valence-electron chi connectivity index (χ0n) is 6.63. The van der Waals surface area contributed by atoms with Crippen LogP contribution in [-0.2, 0) is 6.42 Å². The predicted octanol–water partition coefficient (Wildman–Crippen LogP) is 3.18. The highest BCUT2D eigenvalue weighted by atomic mass is 79.9. The summed E-state index contributed by atoms with van der Waals surface area (Å²) in [4.78, 5) is 0. The zero-order chi connectivity index (χ0) is 8.81. The third kappa shape index (κ3) is 2.56. The number of hydrogen-bond acceptors (Lipinski definition) is 0. The molecule has 0 heterocycles. The van der Waals surface area contributed by atoms with Crippen LogP contribution in [0.1, 0.15) is 5.56 Å². The van der Waals surface area contributed by atoms with Gasteiger partial charge in [-0.05, 0) is 24.1 Å².